The standard InChI is InChI=1S/C24H46O7.C4H10O/c1-2-3-4-5-6-7-8-9-10-11-12-13-14-15-16-17-22(29)31-24(21(28)19-26)23(30)20(27)18-25;1-3-5-4-2/h9-10,20-21,23-28,30H,2-8,11-19H2,1H3;3-4H2,1-2H3/b10-9-;/t20-,21+,23+,24+;/m0./s1. The molecule has 5 N–H and O–H groups in total. The van der Waals surface area contributed by atoms with Crippen LogP contribution in [0.2, 0.25) is 0 Å². The Hall–Kier alpha value is -1.03. The molecule has 0 rings (SSSR count). The summed E-state index contributed by atoms with van der Waals surface area (Å²) < 4.78 is 9.86. The Balaban J connectivity index is 0. The lowest BCUT2D eigenvalue weighted by Crippen LogP contribution is -2.49. The fourth-order valence-electron chi connectivity index (χ4n) is 3.56. The molecule has 0 aromatic heterocycles. The molecular weight excluding hydrogens is 464 g/mol. The monoisotopic (exact) mass is 520 g/mol. The van der Waals surface area contributed by atoms with Crippen LogP contribution in [0.3, 0.4) is 0 Å². The third-order valence-electron chi connectivity index (χ3n) is 5.80. The molecule has 0 amide bonds. The molecule has 0 aliphatic carbocycles. The van der Waals surface area contributed by atoms with Crippen LogP contribution in [-0.4, -0.2) is 82.3 Å². The molecule has 0 aromatic carbocycles. The molecule has 0 bridgehead atoms. The number of unbranched alkanes of at least 4 members (excludes halogenated alkanes) is 11. The first-order valence-electron chi connectivity index (χ1n) is 14.1. The van der Waals surface area contributed by atoms with E-state index in [1.54, 1.807) is 0 Å². The molecule has 0 unspecified atom stereocenters. The van der Waals surface area contributed by atoms with E-state index in [4.69, 9.17) is 19.7 Å². The lowest BCUT2D eigenvalue weighted by Gasteiger charge is -2.28. The Morgan fingerprint density at radius 3 is 1.61 bits per heavy atom. The quantitative estimate of drug-likeness (QED) is 0.0773. The zero-order valence-corrected chi connectivity index (χ0v) is 23.2. The van der Waals surface area contributed by atoms with Crippen molar-refractivity contribution < 1.29 is 39.8 Å². The third-order valence-corrected chi connectivity index (χ3v) is 5.80. The molecule has 0 spiro atoms. The number of allylic oxidation sites excluding steroid dienone is 2. The van der Waals surface area contributed by atoms with Crippen molar-refractivity contribution in [2.24, 2.45) is 0 Å². The van der Waals surface area contributed by atoms with Crippen LogP contribution in [0.25, 0.3) is 0 Å². The molecule has 0 aromatic rings. The number of carbonyl (C=O) groups is 1. The Labute approximate surface area is 219 Å². The number of esters is 1. The number of rotatable bonds is 23. The van der Waals surface area contributed by atoms with Gasteiger partial charge in [-0.15, -0.1) is 0 Å². The summed E-state index contributed by atoms with van der Waals surface area (Å²) in [5.74, 6) is -0.612. The van der Waals surface area contributed by atoms with E-state index in [9.17, 15) is 20.1 Å². The molecule has 8 heteroatoms. The van der Waals surface area contributed by atoms with Gasteiger partial charge in [0.15, 0.2) is 6.10 Å². The van der Waals surface area contributed by atoms with Gasteiger partial charge in [0.1, 0.15) is 18.3 Å². The molecule has 0 fully saturated rings. The summed E-state index contributed by atoms with van der Waals surface area (Å²) in [7, 11) is 0. The molecule has 216 valence electrons. The van der Waals surface area contributed by atoms with Gasteiger partial charge < -0.3 is 35.0 Å². The van der Waals surface area contributed by atoms with Crippen molar-refractivity contribution in [1.82, 2.24) is 0 Å². The average Bonchev–Trinajstić information content (AvgIpc) is 2.89. The summed E-state index contributed by atoms with van der Waals surface area (Å²) in [4.78, 5) is 11.9. The fourth-order valence-corrected chi connectivity index (χ4v) is 3.56. The molecule has 0 heterocycles. The zero-order valence-electron chi connectivity index (χ0n) is 23.2. The molecule has 8 nitrogen and oxygen atoms in total. The van der Waals surface area contributed by atoms with E-state index in [0.717, 1.165) is 45.3 Å². The Morgan fingerprint density at radius 1 is 0.694 bits per heavy atom. The van der Waals surface area contributed by atoms with Gasteiger partial charge in [-0.2, -0.15) is 0 Å². The fraction of sp³-hybridized carbons (Fsp3) is 0.893. The van der Waals surface area contributed by atoms with Crippen molar-refractivity contribution in [2.75, 3.05) is 26.4 Å². The summed E-state index contributed by atoms with van der Waals surface area (Å²) in [6.07, 6.45) is 13.4. The van der Waals surface area contributed by atoms with Crippen LogP contribution in [-0.2, 0) is 14.3 Å². The van der Waals surface area contributed by atoms with Gasteiger partial charge in [-0.1, -0.05) is 70.4 Å². The topological polar surface area (TPSA) is 137 Å². The second-order valence-corrected chi connectivity index (χ2v) is 9.06. The largest absolute Gasteiger partial charge is 0.457 e. The maximum absolute atomic E-state index is 11.9. The zero-order chi connectivity index (χ0) is 27.4. The van der Waals surface area contributed by atoms with Gasteiger partial charge in [0.05, 0.1) is 13.2 Å². The molecule has 0 saturated carbocycles. The van der Waals surface area contributed by atoms with Gasteiger partial charge in [0, 0.05) is 19.6 Å². The molecule has 36 heavy (non-hydrogen) atoms. The second-order valence-electron chi connectivity index (χ2n) is 9.06. The van der Waals surface area contributed by atoms with Gasteiger partial charge in [-0.25, -0.2) is 0 Å². The number of aliphatic hydroxyl groups is 5. The smallest absolute Gasteiger partial charge is 0.306 e. The first-order valence-corrected chi connectivity index (χ1v) is 14.1. The van der Waals surface area contributed by atoms with Crippen LogP contribution >= 0.6 is 0 Å². The van der Waals surface area contributed by atoms with Gasteiger partial charge in [0.25, 0.3) is 0 Å². The van der Waals surface area contributed by atoms with Crippen LogP contribution in [0.4, 0.5) is 0 Å². The van der Waals surface area contributed by atoms with Gasteiger partial charge in [-0.05, 0) is 46.0 Å². The minimum absolute atomic E-state index is 0.134. The predicted molar refractivity (Wildman–Crippen MR) is 144 cm³/mol. The van der Waals surface area contributed by atoms with Gasteiger partial charge in [-0.3, -0.25) is 4.79 Å². The van der Waals surface area contributed by atoms with Crippen molar-refractivity contribution in [3.8, 4) is 0 Å². The number of aliphatic hydroxyl groups excluding tert-OH is 5. The highest BCUT2D eigenvalue weighted by atomic mass is 16.6. The van der Waals surface area contributed by atoms with E-state index in [1.165, 1.54) is 44.9 Å². The number of hydrogen-bond acceptors (Lipinski definition) is 8. The molecule has 0 saturated heterocycles. The number of ether oxygens (including phenoxy) is 2. The van der Waals surface area contributed by atoms with Crippen LogP contribution in [0.1, 0.15) is 111 Å². The van der Waals surface area contributed by atoms with E-state index in [2.05, 4.69) is 19.1 Å². The summed E-state index contributed by atoms with van der Waals surface area (Å²) >= 11 is 0. The first-order chi connectivity index (χ1) is 17.4. The highest BCUT2D eigenvalue weighted by Crippen LogP contribution is 2.14. The Kier molecular flexibility index (Phi) is 29.4. The summed E-state index contributed by atoms with van der Waals surface area (Å²) in [5.41, 5.74) is 0. The van der Waals surface area contributed by atoms with Crippen molar-refractivity contribution in [2.45, 2.75) is 135 Å². The molecule has 0 radical (unpaired) electrons. The van der Waals surface area contributed by atoms with E-state index in [0.29, 0.717) is 6.42 Å². The van der Waals surface area contributed by atoms with Crippen LogP contribution in [0, 0.1) is 0 Å². The third kappa shape index (κ3) is 23.4. The molecule has 4 atom stereocenters. The summed E-state index contributed by atoms with van der Waals surface area (Å²) in [5, 5.41) is 47.0. The van der Waals surface area contributed by atoms with Crippen molar-refractivity contribution in [1.29, 1.82) is 0 Å². The summed E-state index contributed by atoms with van der Waals surface area (Å²) in [6.45, 7) is 6.42. The molecule has 0 aliphatic rings. The van der Waals surface area contributed by atoms with E-state index >= 15 is 0 Å². The van der Waals surface area contributed by atoms with Crippen molar-refractivity contribution in [3.63, 3.8) is 0 Å². The lowest BCUT2D eigenvalue weighted by atomic mass is 10.0. The normalized spacial score (nSPS) is 14.7. The number of hydrogen-bond donors (Lipinski definition) is 5. The minimum atomic E-state index is -1.68. The van der Waals surface area contributed by atoms with Gasteiger partial charge in [0.2, 0.25) is 0 Å². The maximum Gasteiger partial charge on any atom is 0.306 e. The number of carbonyl (C=O) groups excluding carboxylic acids is 1. The first kappa shape index (κ1) is 37.1. The van der Waals surface area contributed by atoms with Crippen LogP contribution < -0.4 is 0 Å². The maximum atomic E-state index is 11.9. The SMILES string of the molecule is CCCCCCCC/C=C\CCCCCCCC(=O)O[C@@H]([C@H](O)[C@@H](O)CO)[C@H](O)CO.CCOCC. The van der Waals surface area contributed by atoms with Crippen LogP contribution in [0.15, 0.2) is 12.2 Å². The van der Waals surface area contributed by atoms with E-state index in [1.807, 2.05) is 13.8 Å². The lowest BCUT2D eigenvalue weighted by molar-refractivity contribution is -0.177. The minimum Gasteiger partial charge on any atom is -0.457 e. The van der Waals surface area contributed by atoms with E-state index < -0.39 is 43.6 Å². The molecular formula is C28H56O8. The van der Waals surface area contributed by atoms with Crippen molar-refractivity contribution in [3.05, 3.63) is 12.2 Å². The second kappa shape index (κ2) is 28.5. The van der Waals surface area contributed by atoms with Gasteiger partial charge >= 0.3 is 5.97 Å². The van der Waals surface area contributed by atoms with E-state index in [-0.39, 0.29) is 6.42 Å². The Bertz CT molecular complexity index is 484. The van der Waals surface area contributed by atoms with Crippen LogP contribution in [0.5, 0.6) is 0 Å². The summed E-state index contributed by atoms with van der Waals surface area (Å²) in [6, 6.07) is 0. The average molecular weight is 521 g/mol. The van der Waals surface area contributed by atoms with Crippen molar-refractivity contribution >= 4 is 5.97 Å². The highest BCUT2D eigenvalue weighted by molar-refractivity contribution is 5.69. The molecule has 0 aliphatic heterocycles. The highest BCUT2D eigenvalue weighted by Gasteiger charge is 2.34. The predicted octanol–water partition coefficient (Wildman–Crippen LogP) is 4.05. The Morgan fingerprint density at radius 2 is 1.17 bits per heavy atom.